The lowest BCUT2D eigenvalue weighted by Gasteiger charge is -1.97. The molecule has 0 aromatic rings. The number of hydrogen-bond acceptors (Lipinski definition) is 5. The fourth-order valence-electron chi connectivity index (χ4n) is 0.192. The highest BCUT2D eigenvalue weighted by Gasteiger charge is 2.03. The fraction of sp³-hybridized carbons (Fsp3) is 0. The molecule has 12 heavy (non-hydrogen) atoms. The molecule has 0 aliphatic carbocycles. The molecular formula is C6H6O5Si. The predicted octanol–water partition coefficient (Wildman–Crippen LogP) is -0.0894. The Labute approximate surface area is 71.6 Å². The maximum Gasteiger partial charge on any atom is 0.573 e. The second-order valence-corrected chi connectivity index (χ2v) is 1.94. The SMILES string of the molecule is C=CC(=O)OO[Si]OC(=O)C=C. The third-order valence-electron chi connectivity index (χ3n) is 0.633. The van der Waals surface area contributed by atoms with Crippen molar-refractivity contribution in [2.75, 3.05) is 0 Å². The van der Waals surface area contributed by atoms with Crippen LogP contribution in [0.15, 0.2) is 25.3 Å². The minimum Gasteiger partial charge on any atom is -0.485 e. The van der Waals surface area contributed by atoms with E-state index in [-0.39, 0.29) is 0 Å². The molecule has 0 aromatic carbocycles. The molecule has 0 unspecified atom stereocenters. The Bertz CT molecular complexity index is 178. The smallest absolute Gasteiger partial charge is 0.485 e. The Balaban J connectivity index is 3.32. The molecule has 5 nitrogen and oxygen atoms in total. The zero-order chi connectivity index (χ0) is 9.40. The van der Waals surface area contributed by atoms with E-state index < -0.39 is 21.9 Å². The molecule has 2 radical (unpaired) electrons. The van der Waals surface area contributed by atoms with Gasteiger partial charge in [0.05, 0.1) is 0 Å². The van der Waals surface area contributed by atoms with Crippen molar-refractivity contribution in [3.63, 3.8) is 0 Å². The molecule has 0 amide bonds. The number of hydrogen-bond donors (Lipinski definition) is 0. The van der Waals surface area contributed by atoms with Gasteiger partial charge in [-0.05, 0) is 0 Å². The summed E-state index contributed by atoms with van der Waals surface area (Å²) < 4.78 is 8.50. The standard InChI is InChI=1S/C6H6O5Si/c1-3-5(7)9-11-12-10-6(8)4-2/h3-4H,1-2H2. The van der Waals surface area contributed by atoms with E-state index in [1.807, 2.05) is 0 Å². The first-order chi connectivity index (χ1) is 5.70. The van der Waals surface area contributed by atoms with Crippen molar-refractivity contribution < 1.29 is 23.5 Å². The first-order valence-corrected chi connectivity index (χ1v) is 3.60. The predicted molar refractivity (Wildman–Crippen MR) is 39.4 cm³/mol. The largest absolute Gasteiger partial charge is 0.573 e. The molecule has 0 heterocycles. The lowest BCUT2D eigenvalue weighted by molar-refractivity contribution is -0.213. The van der Waals surface area contributed by atoms with Gasteiger partial charge in [-0.25, -0.2) is 9.59 Å². The van der Waals surface area contributed by atoms with Crippen LogP contribution in [0.25, 0.3) is 0 Å². The van der Waals surface area contributed by atoms with Gasteiger partial charge in [0.2, 0.25) is 0 Å². The van der Waals surface area contributed by atoms with Crippen LogP contribution < -0.4 is 0 Å². The maximum absolute atomic E-state index is 10.4. The molecule has 0 fully saturated rings. The summed E-state index contributed by atoms with van der Waals surface area (Å²) in [4.78, 5) is 24.7. The van der Waals surface area contributed by atoms with Gasteiger partial charge in [-0.2, -0.15) is 4.58 Å². The average molecular weight is 186 g/mol. The first-order valence-electron chi connectivity index (χ1n) is 2.79. The van der Waals surface area contributed by atoms with E-state index in [0.717, 1.165) is 12.2 Å². The van der Waals surface area contributed by atoms with E-state index in [0.29, 0.717) is 0 Å². The van der Waals surface area contributed by atoms with E-state index in [4.69, 9.17) is 0 Å². The van der Waals surface area contributed by atoms with Gasteiger partial charge in [-0.1, -0.05) is 13.2 Å². The molecule has 0 saturated heterocycles. The Hall–Kier alpha value is -1.40. The molecule has 0 spiro atoms. The summed E-state index contributed by atoms with van der Waals surface area (Å²) >= 11 is 0. The Morgan fingerprint density at radius 1 is 1.17 bits per heavy atom. The van der Waals surface area contributed by atoms with Crippen molar-refractivity contribution in [3.05, 3.63) is 25.3 Å². The van der Waals surface area contributed by atoms with Crippen LogP contribution in [0.2, 0.25) is 0 Å². The summed E-state index contributed by atoms with van der Waals surface area (Å²) in [5, 5.41) is 0. The van der Waals surface area contributed by atoms with Gasteiger partial charge >= 0.3 is 21.9 Å². The molecule has 0 aromatic heterocycles. The Kier molecular flexibility index (Phi) is 5.58. The molecule has 0 atom stereocenters. The highest BCUT2D eigenvalue weighted by Crippen LogP contribution is 1.82. The number of rotatable bonds is 5. The number of carbonyl (C=O) groups excluding carboxylic acids is 2. The van der Waals surface area contributed by atoms with E-state index in [9.17, 15) is 9.59 Å². The Morgan fingerprint density at radius 3 is 2.25 bits per heavy atom. The monoisotopic (exact) mass is 186 g/mol. The minimum atomic E-state index is -0.753. The molecule has 0 N–H and O–H groups in total. The molecule has 0 aliphatic rings. The van der Waals surface area contributed by atoms with Crippen molar-refractivity contribution in [2.24, 2.45) is 0 Å². The van der Waals surface area contributed by atoms with Crippen LogP contribution >= 0.6 is 0 Å². The zero-order valence-corrected chi connectivity index (χ0v) is 7.11. The van der Waals surface area contributed by atoms with Crippen LogP contribution in [0.5, 0.6) is 0 Å². The van der Waals surface area contributed by atoms with Gasteiger partial charge in [0.15, 0.2) is 0 Å². The third-order valence-corrected chi connectivity index (χ3v) is 1.07. The summed E-state index contributed by atoms with van der Waals surface area (Å²) in [7, 11) is -0.696. The minimum absolute atomic E-state index is 0.650. The molecule has 0 saturated carbocycles. The molecule has 64 valence electrons. The van der Waals surface area contributed by atoms with Crippen LogP contribution in [-0.2, 0) is 23.5 Å². The van der Waals surface area contributed by atoms with Gasteiger partial charge in [-0.15, -0.1) is 0 Å². The second-order valence-electron chi connectivity index (χ2n) is 1.40. The summed E-state index contributed by atoms with van der Waals surface area (Å²) in [6.07, 6.45) is 1.88. The molecule has 0 rings (SSSR count). The summed E-state index contributed by atoms with van der Waals surface area (Å²) in [5.74, 6) is -1.40. The highest BCUT2D eigenvalue weighted by molar-refractivity contribution is 6.23. The highest BCUT2D eigenvalue weighted by atomic mass is 28.3. The summed E-state index contributed by atoms with van der Waals surface area (Å²) in [5.41, 5.74) is 0. The Morgan fingerprint density at radius 2 is 1.75 bits per heavy atom. The van der Waals surface area contributed by atoms with Crippen LogP contribution in [-0.4, -0.2) is 21.9 Å². The lowest BCUT2D eigenvalue weighted by Crippen LogP contribution is -2.12. The van der Waals surface area contributed by atoms with Crippen molar-refractivity contribution in [1.82, 2.24) is 0 Å². The maximum atomic E-state index is 10.4. The topological polar surface area (TPSA) is 61.8 Å². The van der Waals surface area contributed by atoms with Gasteiger partial charge in [-0.3, -0.25) is 0 Å². The third kappa shape index (κ3) is 5.39. The number of carbonyl (C=O) groups is 2. The first kappa shape index (κ1) is 10.6. The van der Waals surface area contributed by atoms with E-state index in [1.54, 1.807) is 0 Å². The fourth-order valence-corrected chi connectivity index (χ4v) is 0.507. The van der Waals surface area contributed by atoms with E-state index in [1.165, 1.54) is 0 Å². The van der Waals surface area contributed by atoms with Crippen LogP contribution in [0, 0.1) is 0 Å². The van der Waals surface area contributed by atoms with Crippen molar-refractivity contribution >= 4 is 21.9 Å². The molecular weight excluding hydrogens is 180 g/mol. The zero-order valence-electron chi connectivity index (χ0n) is 6.11. The van der Waals surface area contributed by atoms with E-state index >= 15 is 0 Å². The quantitative estimate of drug-likeness (QED) is 0.197. The molecule has 0 bridgehead atoms. The van der Waals surface area contributed by atoms with Crippen LogP contribution in [0.4, 0.5) is 0 Å². The normalized spacial score (nSPS) is 8.33. The van der Waals surface area contributed by atoms with Gasteiger partial charge in [0.1, 0.15) is 0 Å². The summed E-state index contributed by atoms with van der Waals surface area (Å²) in [6, 6.07) is 0. The summed E-state index contributed by atoms with van der Waals surface area (Å²) in [6.45, 7) is 6.26. The lowest BCUT2D eigenvalue weighted by atomic mass is 10.7. The van der Waals surface area contributed by atoms with Gasteiger partial charge in [0, 0.05) is 12.2 Å². The van der Waals surface area contributed by atoms with Gasteiger partial charge < -0.3 is 9.31 Å². The molecule has 6 heteroatoms. The van der Waals surface area contributed by atoms with Crippen LogP contribution in [0.3, 0.4) is 0 Å². The second kappa shape index (κ2) is 6.32. The van der Waals surface area contributed by atoms with Crippen molar-refractivity contribution in [2.45, 2.75) is 0 Å². The van der Waals surface area contributed by atoms with Gasteiger partial charge in [0.25, 0.3) is 0 Å². The van der Waals surface area contributed by atoms with Crippen molar-refractivity contribution in [3.8, 4) is 0 Å². The van der Waals surface area contributed by atoms with E-state index in [2.05, 4.69) is 27.0 Å². The average Bonchev–Trinajstić information content (AvgIpc) is 2.11. The van der Waals surface area contributed by atoms with Crippen molar-refractivity contribution in [1.29, 1.82) is 0 Å². The molecule has 0 aliphatic heterocycles. The van der Waals surface area contributed by atoms with Crippen LogP contribution in [0.1, 0.15) is 0 Å².